The largest absolute Gasteiger partial charge is 0.343 e. The molecular formula is C17H30N4O3. The SMILES string of the molecule is CCNCC1CCN(C(=O)CCCN2C(=O)NC(C)(C)C2=O)CC1. The van der Waals surface area contributed by atoms with Crippen molar-refractivity contribution in [1.82, 2.24) is 20.4 Å². The molecule has 0 unspecified atom stereocenters. The molecule has 2 saturated heterocycles. The van der Waals surface area contributed by atoms with Gasteiger partial charge in [-0.2, -0.15) is 0 Å². The molecule has 2 aliphatic rings. The highest BCUT2D eigenvalue weighted by Gasteiger charge is 2.43. The van der Waals surface area contributed by atoms with Crippen LogP contribution in [0.2, 0.25) is 0 Å². The van der Waals surface area contributed by atoms with Crippen LogP contribution in [0.4, 0.5) is 4.79 Å². The fourth-order valence-corrected chi connectivity index (χ4v) is 3.30. The molecule has 0 aromatic heterocycles. The average molecular weight is 338 g/mol. The second-order valence-electron chi connectivity index (χ2n) is 7.25. The van der Waals surface area contributed by atoms with Crippen LogP contribution in [0.5, 0.6) is 0 Å². The second-order valence-corrected chi connectivity index (χ2v) is 7.25. The maximum absolute atomic E-state index is 12.3. The van der Waals surface area contributed by atoms with Crippen LogP contribution in [0.3, 0.4) is 0 Å². The predicted molar refractivity (Wildman–Crippen MR) is 91.4 cm³/mol. The third-order valence-corrected chi connectivity index (χ3v) is 4.87. The molecule has 2 rings (SSSR count). The van der Waals surface area contributed by atoms with Gasteiger partial charge in [0.25, 0.3) is 5.91 Å². The van der Waals surface area contributed by atoms with Crippen LogP contribution < -0.4 is 10.6 Å². The molecular weight excluding hydrogens is 308 g/mol. The van der Waals surface area contributed by atoms with E-state index < -0.39 is 5.54 Å². The zero-order valence-electron chi connectivity index (χ0n) is 15.1. The van der Waals surface area contributed by atoms with Gasteiger partial charge in [-0.15, -0.1) is 0 Å². The molecule has 7 nitrogen and oxygen atoms in total. The van der Waals surface area contributed by atoms with Gasteiger partial charge in [0.1, 0.15) is 5.54 Å². The lowest BCUT2D eigenvalue weighted by atomic mass is 9.96. The Balaban J connectivity index is 1.69. The van der Waals surface area contributed by atoms with Gasteiger partial charge in [0.2, 0.25) is 5.91 Å². The molecule has 136 valence electrons. The Morgan fingerprint density at radius 3 is 2.50 bits per heavy atom. The van der Waals surface area contributed by atoms with Gasteiger partial charge >= 0.3 is 6.03 Å². The van der Waals surface area contributed by atoms with E-state index in [0.29, 0.717) is 25.3 Å². The van der Waals surface area contributed by atoms with Gasteiger partial charge in [0.15, 0.2) is 0 Å². The summed E-state index contributed by atoms with van der Waals surface area (Å²) in [6, 6.07) is -0.360. The van der Waals surface area contributed by atoms with Crippen molar-refractivity contribution in [3.63, 3.8) is 0 Å². The number of carbonyl (C=O) groups excluding carboxylic acids is 3. The standard InChI is InChI=1S/C17H30N4O3/c1-4-18-12-13-7-10-20(11-8-13)14(22)6-5-9-21-15(23)17(2,3)19-16(21)24/h13,18H,4-12H2,1-3H3,(H,19,24). The molecule has 24 heavy (non-hydrogen) atoms. The van der Waals surface area contributed by atoms with E-state index in [-0.39, 0.29) is 17.8 Å². The highest BCUT2D eigenvalue weighted by molar-refractivity contribution is 6.06. The number of hydrogen-bond donors (Lipinski definition) is 2. The van der Waals surface area contributed by atoms with E-state index in [1.165, 1.54) is 4.90 Å². The molecule has 2 N–H and O–H groups in total. The smallest absolute Gasteiger partial charge is 0.325 e. The van der Waals surface area contributed by atoms with Crippen LogP contribution in [0, 0.1) is 5.92 Å². The van der Waals surface area contributed by atoms with E-state index in [2.05, 4.69) is 17.6 Å². The van der Waals surface area contributed by atoms with Crippen molar-refractivity contribution < 1.29 is 14.4 Å². The Morgan fingerprint density at radius 2 is 1.96 bits per heavy atom. The minimum atomic E-state index is -0.838. The minimum absolute atomic E-state index is 0.128. The zero-order valence-corrected chi connectivity index (χ0v) is 15.1. The number of carbonyl (C=O) groups is 3. The van der Waals surface area contributed by atoms with Gasteiger partial charge in [-0.3, -0.25) is 14.5 Å². The first-order valence-electron chi connectivity index (χ1n) is 8.97. The molecule has 0 aromatic rings. The van der Waals surface area contributed by atoms with Crippen molar-refractivity contribution in [2.24, 2.45) is 5.92 Å². The number of nitrogens with one attached hydrogen (secondary N) is 2. The molecule has 0 atom stereocenters. The normalized spacial score (nSPS) is 21.3. The Morgan fingerprint density at radius 1 is 1.29 bits per heavy atom. The maximum atomic E-state index is 12.3. The number of nitrogens with zero attached hydrogens (tertiary/aromatic N) is 2. The first kappa shape index (κ1) is 18.7. The monoisotopic (exact) mass is 338 g/mol. The van der Waals surface area contributed by atoms with Crippen molar-refractivity contribution >= 4 is 17.8 Å². The number of likely N-dealkylation sites (tertiary alicyclic amines) is 1. The zero-order chi connectivity index (χ0) is 17.7. The van der Waals surface area contributed by atoms with Crippen LogP contribution in [-0.4, -0.2) is 65.9 Å². The predicted octanol–water partition coefficient (Wildman–Crippen LogP) is 0.945. The van der Waals surface area contributed by atoms with Gasteiger partial charge in [-0.05, 0) is 52.1 Å². The van der Waals surface area contributed by atoms with Crippen LogP contribution in [0.1, 0.15) is 46.5 Å². The molecule has 0 bridgehead atoms. The van der Waals surface area contributed by atoms with Crippen LogP contribution in [-0.2, 0) is 9.59 Å². The first-order valence-corrected chi connectivity index (χ1v) is 8.97. The number of piperidine rings is 1. The van der Waals surface area contributed by atoms with Crippen molar-refractivity contribution in [1.29, 1.82) is 0 Å². The van der Waals surface area contributed by atoms with Crippen molar-refractivity contribution in [2.75, 3.05) is 32.7 Å². The highest BCUT2D eigenvalue weighted by Crippen LogP contribution is 2.19. The molecule has 4 amide bonds. The fraction of sp³-hybridized carbons (Fsp3) is 0.824. The quantitative estimate of drug-likeness (QED) is 0.677. The van der Waals surface area contributed by atoms with Crippen molar-refractivity contribution in [3.8, 4) is 0 Å². The molecule has 0 spiro atoms. The summed E-state index contributed by atoms with van der Waals surface area (Å²) < 4.78 is 0. The lowest BCUT2D eigenvalue weighted by Crippen LogP contribution is -2.41. The lowest BCUT2D eigenvalue weighted by molar-refractivity contribution is -0.134. The number of hydrogen-bond acceptors (Lipinski definition) is 4. The molecule has 2 fully saturated rings. The molecule has 0 saturated carbocycles. The minimum Gasteiger partial charge on any atom is -0.343 e. The molecule has 0 radical (unpaired) electrons. The van der Waals surface area contributed by atoms with Gasteiger partial charge < -0.3 is 15.5 Å². The van der Waals surface area contributed by atoms with Gasteiger partial charge in [0.05, 0.1) is 0 Å². The van der Waals surface area contributed by atoms with Crippen molar-refractivity contribution in [2.45, 2.75) is 52.0 Å². The summed E-state index contributed by atoms with van der Waals surface area (Å²) in [7, 11) is 0. The summed E-state index contributed by atoms with van der Waals surface area (Å²) in [5.74, 6) is 0.564. The van der Waals surface area contributed by atoms with E-state index in [1.54, 1.807) is 13.8 Å². The van der Waals surface area contributed by atoms with Crippen molar-refractivity contribution in [3.05, 3.63) is 0 Å². The Labute approximate surface area is 144 Å². The summed E-state index contributed by atoms with van der Waals surface area (Å²) in [4.78, 5) is 39.3. The van der Waals surface area contributed by atoms with E-state index in [4.69, 9.17) is 0 Å². The van der Waals surface area contributed by atoms with Crippen LogP contribution in [0.25, 0.3) is 0 Å². The Bertz CT molecular complexity index is 484. The number of amides is 4. The third kappa shape index (κ3) is 4.47. The van der Waals surface area contributed by atoms with Crippen LogP contribution in [0.15, 0.2) is 0 Å². The summed E-state index contributed by atoms with van der Waals surface area (Å²) >= 11 is 0. The summed E-state index contributed by atoms with van der Waals surface area (Å²) in [5.41, 5.74) is -0.838. The number of imide groups is 1. The first-order chi connectivity index (χ1) is 11.3. The molecule has 2 aliphatic heterocycles. The third-order valence-electron chi connectivity index (χ3n) is 4.87. The Kier molecular flexibility index (Phi) is 6.21. The van der Waals surface area contributed by atoms with Gasteiger partial charge in [-0.1, -0.05) is 6.92 Å². The van der Waals surface area contributed by atoms with E-state index in [0.717, 1.165) is 39.0 Å². The lowest BCUT2D eigenvalue weighted by Gasteiger charge is -2.32. The topological polar surface area (TPSA) is 81.8 Å². The summed E-state index contributed by atoms with van der Waals surface area (Å²) in [5, 5.41) is 6.02. The summed E-state index contributed by atoms with van der Waals surface area (Å²) in [6.45, 7) is 9.42. The molecule has 0 aliphatic carbocycles. The fourth-order valence-electron chi connectivity index (χ4n) is 3.30. The maximum Gasteiger partial charge on any atom is 0.325 e. The summed E-state index contributed by atoms with van der Waals surface area (Å²) in [6.07, 6.45) is 2.99. The Hall–Kier alpha value is -1.63. The van der Waals surface area contributed by atoms with Crippen LogP contribution >= 0.6 is 0 Å². The number of rotatable bonds is 7. The van der Waals surface area contributed by atoms with E-state index >= 15 is 0 Å². The highest BCUT2D eigenvalue weighted by atomic mass is 16.2. The van der Waals surface area contributed by atoms with E-state index in [1.807, 2.05) is 4.90 Å². The molecule has 0 aromatic carbocycles. The average Bonchev–Trinajstić information content (AvgIpc) is 2.74. The molecule has 2 heterocycles. The number of urea groups is 1. The van der Waals surface area contributed by atoms with Gasteiger partial charge in [0, 0.05) is 26.1 Å². The molecule has 7 heteroatoms. The van der Waals surface area contributed by atoms with Gasteiger partial charge in [-0.25, -0.2) is 4.79 Å². The second kappa shape index (κ2) is 7.96. The van der Waals surface area contributed by atoms with E-state index in [9.17, 15) is 14.4 Å².